The fourth-order valence-electron chi connectivity index (χ4n) is 2.82. The number of nitrogens with two attached hydrogens (primary N) is 1. The van der Waals surface area contributed by atoms with Gasteiger partial charge in [-0.2, -0.15) is 13.2 Å². The molecule has 0 saturated carbocycles. The van der Waals surface area contributed by atoms with E-state index in [1.165, 1.54) is 12.1 Å². The van der Waals surface area contributed by atoms with Gasteiger partial charge in [0, 0.05) is 37.4 Å². The summed E-state index contributed by atoms with van der Waals surface area (Å²) in [6.07, 6.45) is -4.37. The van der Waals surface area contributed by atoms with Crippen molar-refractivity contribution >= 4 is 5.69 Å². The van der Waals surface area contributed by atoms with Crippen LogP contribution in [-0.4, -0.2) is 37.1 Å². The molecule has 0 aliphatic carbocycles. The Morgan fingerprint density at radius 2 is 1.76 bits per heavy atom. The summed E-state index contributed by atoms with van der Waals surface area (Å²) >= 11 is 0. The van der Waals surface area contributed by atoms with Gasteiger partial charge in [-0.15, -0.1) is 0 Å². The van der Waals surface area contributed by atoms with Gasteiger partial charge in [0.05, 0.1) is 5.56 Å². The number of rotatable bonds is 2. The van der Waals surface area contributed by atoms with Crippen LogP contribution in [0.4, 0.5) is 18.9 Å². The van der Waals surface area contributed by atoms with Gasteiger partial charge < -0.3 is 10.6 Å². The summed E-state index contributed by atoms with van der Waals surface area (Å²) in [4.78, 5) is 4.26. The maximum absolute atomic E-state index is 13.1. The number of alkyl halides is 3. The molecule has 0 aromatic heterocycles. The molecule has 2 rings (SSSR count). The summed E-state index contributed by atoms with van der Waals surface area (Å²) in [6, 6.07) is 5.07. The van der Waals surface area contributed by atoms with Gasteiger partial charge in [0.1, 0.15) is 0 Å². The first-order chi connectivity index (χ1) is 9.74. The number of piperazine rings is 1. The average molecular weight is 301 g/mol. The van der Waals surface area contributed by atoms with Crippen molar-refractivity contribution in [1.29, 1.82) is 0 Å². The SMILES string of the molecule is CC1CN(c2ccc(CN)c(C(F)(F)F)c2)CC(C)N1C. The third-order valence-corrected chi connectivity index (χ3v) is 4.34. The highest BCUT2D eigenvalue weighted by atomic mass is 19.4. The molecule has 2 atom stereocenters. The summed E-state index contributed by atoms with van der Waals surface area (Å²) < 4.78 is 39.3. The summed E-state index contributed by atoms with van der Waals surface area (Å²) in [5, 5.41) is 0. The van der Waals surface area contributed by atoms with Crippen molar-refractivity contribution < 1.29 is 13.2 Å². The molecular formula is C15H22F3N3. The van der Waals surface area contributed by atoms with Crippen molar-refractivity contribution in [3.63, 3.8) is 0 Å². The Morgan fingerprint density at radius 1 is 1.19 bits per heavy atom. The third-order valence-electron chi connectivity index (χ3n) is 4.34. The van der Waals surface area contributed by atoms with Crippen molar-refractivity contribution in [1.82, 2.24) is 4.90 Å². The molecular weight excluding hydrogens is 279 g/mol. The predicted molar refractivity (Wildman–Crippen MR) is 78.2 cm³/mol. The Bertz CT molecular complexity index is 489. The Labute approximate surface area is 123 Å². The number of hydrogen-bond acceptors (Lipinski definition) is 3. The zero-order valence-corrected chi connectivity index (χ0v) is 12.6. The van der Waals surface area contributed by atoms with Crippen LogP contribution in [0.2, 0.25) is 0 Å². The van der Waals surface area contributed by atoms with Crippen molar-refractivity contribution in [2.45, 2.75) is 38.7 Å². The first-order valence-corrected chi connectivity index (χ1v) is 7.11. The first kappa shape index (κ1) is 16.1. The molecule has 2 N–H and O–H groups in total. The van der Waals surface area contributed by atoms with Crippen LogP contribution in [0.1, 0.15) is 25.0 Å². The van der Waals surface area contributed by atoms with Crippen LogP contribution in [0.5, 0.6) is 0 Å². The summed E-state index contributed by atoms with van der Waals surface area (Å²) in [5.74, 6) is 0. The Kier molecular flexibility index (Phi) is 4.49. The fourth-order valence-corrected chi connectivity index (χ4v) is 2.82. The highest BCUT2D eigenvalue weighted by Gasteiger charge is 2.34. The molecule has 1 aromatic rings. The van der Waals surface area contributed by atoms with E-state index >= 15 is 0 Å². The van der Waals surface area contributed by atoms with E-state index in [-0.39, 0.29) is 12.1 Å². The second-order valence-electron chi connectivity index (χ2n) is 5.81. The van der Waals surface area contributed by atoms with Crippen molar-refractivity contribution in [2.75, 3.05) is 25.0 Å². The zero-order valence-electron chi connectivity index (χ0n) is 12.6. The van der Waals surface area contributed by atoms with Gasteiger partial charge in [0.2, 0.25) is 0 Å². The van der Waals surface area contributed by atoms with Gasteiger partial charge in [-0.3, -0.25) is 4.90 Å². The van der Waals surface area contributed by atoms with Crippen LogP contribution in [-0.2, 0) is 12.7 Å². The van der Waals surface area contributed by atoms with Crippen LogP contribution in [0.15, 0.2) is 18.2 Å². The van der Waals surface area contributed by atoms with Crippen molar-refractivity contribution in [3.8, 4) is 0 Å². The molecule has 118 valence electrons. The van der Waals surface area contributed by atoms with E-state index in [4.69, 9.17) is 5.73 Å². The fraction of sp³-hybridized carbons (Fsp3) is 0.600. The molecule has 0 radical (unpaired) electrons. The van der Waals surface area contributed by atoms with E-state index in [2.05, 4.69) is 18.7 Å². The molecule has 6 heteroatoms. The maximum Gasteiger partial charge on any atom is 0.416 e. The molecule has 3 nitrogen and oxygen atoms in total. The summed E-state index contributed by atoms with van der Waals surface area (Å²) in [5.41, 5.74) is 5.55. The Hall–Kier alpha value is -1.27. The largest absolute Gasteiger partial charge is 0.416 e. The van der Waals surface area contributed by atoms with Crippen LogP contribution in [0.25, 0.3) is 0 Å². The lowest BCUT2D eigenvalue weighted by molar-refractivity contribution is -0.138. The lowest BCUT2D eigenvalue weighted by Crippen LogP contribution is -2.55. The van der Waals surface area contributed by atoms with E-state index in [9.17, 15) is 13.2 Å². The van der Waals surface area contributed by atoms with E-state index in [0.717, 1.165) is 13.1 Å². The monoisotopic (exact) mass is 301 g/mol. The molecule has 1 aliphatic rings. The molecule has 0 spiro atoms. The molecule has 1 saturated heterocycles. The molecule has 1 aliphatic heterocycles. The predicted octanol–water partition coefficient (Wildman–Crippen LogP) is 2.69. The van der Waals surface area contributed by atoms with Crippen LogP contribution in [0, 0.1) is 0 Å². The van der Waals surface area contributed by atoms with Crippen LogP contribution in [0.3, 0.4) is 0 Å². The van der Waals surface area contributed by atoms with Crippen LogP contribution >= 0.6 is 0 Å². The van der Waals surface area contributed by atoms with Gasteiger partial charge in [0.25, 0.3) is 0 Å². The Morgan fingerprint density at radius 3 is 2.24 bits per heavy atom. The van der Waals surface area contributed by atoms with Crippen molar-refractivity contribution in [3.05, 3.63) is 29.3 Å². The summed E-state index contributed by atoms with van der Waals surface area (Å²) in [6.45, 7) is 5.51. The topological polar surface area (TPSA) is 32.5 Å². The minimum Gasteiger partial charge on any atom is -0.368 e. The van der Waals surface area contributed by atoms with Gasteiger partial charge in [-0.1, -0.05) is 6.07 Å². The molecule has 0 bridgehead atoms. The molecule has 0 amide bonds. The zero-order chi connectivity index (χ0) is 15.8. The summed E-state index contributed by atoms with van der Waals surface area (Å²) in [7, 11) is 2.05. The number of benzene rings is 1. The van der Waals surface area contributed by atoms with E-state index in [1.54, 1.807) is 6.07 Å². The lowest BCUT2D eigenvalue weighted by atomic mass is 10.0. The van der Waals surface area contributed by atoms with Crippen molar-refractivity contribution in [2.24, 2.45) is 5.73 Å². The number of hydrogen-bond donors (Lipinski definition) is 1. The second kappa shape index (κ2) is 5.85. The quantitative estimate of drug-likeness (QED) is 0.911. The molecule has 1 aromatic carbocycles. The van der Waals surface area contributed by atoms with Gasteiger partial charge in [-0.25, -0.2) is 0 Å². The highest BCUT2D eigenvalue weighted by molar-refractivity contribution is 5.52. The van der Waals surface area contributed by atoms with Gasteiger partial charge in [-0.05, 0) is 38.6 Å². The van der Waals surface area contributed by atoms with E-state index in [1.807, 2.05) is 11.9 Å². The lowest BCUT2D eigenvalue weighted by Gasteiger charge is -2.43. The number of likely N-dealkylation sites (N-methyl/N-ethyl adjacent to an activating group) is 1. The highest BCUT2D eigenvalue weighted by Crippen LogP contribution is 2.35. The molecule has 2 unspecified atom stereocenters. The number of halogens is 3. The average Bonchev–Trinajstić information content (AvgIpc) is 2.42. The van der Waals surface area contributed by atoms with Gasteiger partial charge in [0.15, 0.2) is 0 Å². The minimum atomic E-state index is -4.37. The molecule has 1 heterocycles. The number of nitrogens with zero attached hydrogens (tertiary/aromatic N) is 2. The standard InChI is InChI=1S/C15H22F3N3/c1-10-8-21(9-11(2)20(10)3)13-5-4-12(7-19)14(6-13)15(16,17)18/h4-6,10-11H,7-9,19H2,1-3H3. The first-order valence-electron chi connectivity index (χ1n) is 7.11. The number of anilines is 1. The minimum absolute atomic E-state index is 0.106. The Balaban J connectivity index is 2.33. The molecule has 21 heavy (non-hydrogen) atoms. The smallest absolute Gasteiger partial charge is 0.368 e. The second-order valence-corrected chi connectivity index (χ2v) is 5.81. The molecule has 1 fully saturated rings. The maximum atomic E-state index is 13.1. The van der Waals surface area contributed by atoms with Crippen LogP contribution < -0.4 is 10.6 Å². The van der Waals surface area contributed by atoms with Gasteiger partial charge >= 0.3 is 6.18 Å². The normalized spacial score (nSPS) is 24.4. The third kappa shape index (κ3) is 3.32. The van der Waals surface area contributed by atoms with E-state index in [0.29, 0.717) is 17.8 Å². The van der Waals surface area contributed by atoms with E-state index < -0.39 is 11.7 Å².